The average molecular weight is 380 g/mol. The molecule has 0 aliphatic rings. The van der Waals surface area contributed by atoms with Gasteiger partial charge in [-0.05, 0) is 41.8 Å². The smallest absolute Gasteiger partial charge is 0.251 e. The number of amides is 1. The van der Waals surface area contributed by atoms with E-state index < -0.39 is 0 Å². The lowest BCUT2D eigenvalue weighted by Crippen LogP contribution is -2.29. The summed E-state index contributed by atoms with van der Waals surface area (Å²) in [7, 11) is 1.64. The number of carbonyl (C=O) groups is 1. The third-order valence-corrected chi connectivity index (χ3v) is 4.51. The number of benzene rings is 2. The summed E-state index contributed by atoms with van der Waals surface area (Å²) in [6.07, 6.45) is 1.63. The van der Waals surface area contributed by atoms with Gasteiger partial charge in [0.2, 0.25) is 0 Å². The summed E-state index contributed by atoms with van der Waals surface area (Å²) in [4.78, 5) is 12.6. The van der Waals surface area contributed by atoms with Crippen molar-refractivity contribution in [2.45, 2.75) is 26.1 Å². The molecule has 1 unspecified atom stereocenters. The van der Waals surface area contributed by atoms with Crippen LogP contribution in [0.25, 0.3) is 11.1 Å². The first-order chi connectivity index (χ1) is 13.6. The van der Waals surface area contributed by atoms with Crippen LogP contribution in [0.15, 0.2) is 54.9 Å². The number of carbonyl (C=O) groups excluding carboxylic acids is 1. The Balaban J connectivity index is 1.68. The number of nitrogens with zero attached hydrogens (tertiary/aromatic N) is 3. The number of aliphatic hydroxyl groups excluding tert-OH is 1. The molecule has 3 aromatic rings. The lowest BCUT2D eigenvalue weighted by atomic mass is 10.0. The highest BCUT2D eigenvalue weighted by atomic mass is 16.5. The lowest BCUT2D eigenvalue weighted by molar-refractivity contribution is 0.0937. The highest BCUT2D eigenvalue weighted by Crippen LogP contribution is 2.21. The minimum Gasteiger partial charge on any atom is -0.392 e. The van der Waals surface area contributed by atoms with Crippen LogP contribution in [-0.2, 0) is 17.9 Å². The third kappa shape index (κ3) is 4.62. The molecule has 1 atom stereocenters. The molecule has 2 N–H and O–H groups in total. The number of hydrogen-bond donors (Lipinski definition) is 2. The van der Waals surface area contributed by atoms with Crippen LogP contribution in [0.4, 0.5) is 0 Å². The zero-order valence-electron chi connectivity index (χ0n) is 16.0. The van der Waals surface area contributed by atoms with Gasteiger partial charge in [0.1, 0.15) is 6.33 Å². The van der Waals surface area contributed by atoms with Gasteiger partial charge in [-0.2, -0.15) is 0 Å². The predicted molar refractivity (Wildman–Crippen MR) is 106 cm³/mol. The molecule has 0 bridgehead atoms. The van der Waals surface area contributed by atoms with Crippen molar-refractivity contribution in [1.29, 1.82) is 0 Å². The molecule has 0 saturated carbocycles. The van der Waals surface area contributed by atoms with Crippen LogP contribution in [0.2, 0.25) is 0 Å². The maximum Gasteiger partial charge on any atom is 0.251 e. The van der Waals surface area contributed by atoms with Gasteiger partial charge in [0, 0.05) is 19.2 Å². The summed E-state index contributed by atoms with van der Waals surface area (Å²) in [5.74, 6) is 0.507. The number of ether oxygens (including phenoxy) is 1. The van der Waals surface area contributed by atoms with Gasteiger partial charge in [-0.15, -0.1) is 10.2 Å². The molecule has 0 aliphatic carbocycles. The summed E-state index contributed by atoms with van der Waals surface area (Å²) < 4.78 is 6.95. The molecule has 146 valence electrons. The van der Waals surface area contributed by atoms with Crippen molar-refractivity contribution in [1.82, 2.24) is 20.1 Å². The minimum atomic E-state index is -0.284. The number of hydrogen-bond acceptors (Lipinski definition) is 5. The van der Waals surface area contributed by atoms with Gasteiger partial charge in [0.25, 0.3) is 5.91 Å². The molecule has 0 spiro atoms. The first kappa shape index (κ1) is 19.7. The second kappa shape index (κ2) is 9.25. The van der Waals surface area contributed by atoms with Crippen molar-refractivity contribution in [2.75, 3.05) is 13.7 Å². The number of methoxy groups -OCH3 is 1. The minimum absolute atomic E-state index is 0.00121. The zero-order valence-corrected chi connectivity index (χ0v) is 16.0. The number of aliphatic hydroxyl groups is 1. The third-order valence-electron chi connectivity index (χ3n) is 4.51. The largest absolute Gasteiger partial charge is 0.392 e. The quantitative estimate of drug-likeness (QED) is 0.627. The maximum atomic E-state index is 12.6. The molecule has 7 heteroatoms. The van der Waals surface area contributed by atoms with E-state index in [9.17, 15) is 9.90 Å². The van der Waals surface area contributed by atoms with Gasteiger partial charge in [-0.1, -0.05) is 30.3 Å². The first-order valence-electron chi connectivity index (χ1n) is 9.10. The van der Waals surface area contributed by atoms with Crippen molar-refractivity contribution >= 4 is 5.91 Å². The van der Waals surface area contributed by atoms with E-state index in [0.717, 1.165) is 16.7 Å². The van der Waals surface area contributed by atoms with Crippen LogP contribution in [0, 0.1) is 0 Å². The highest BCUT2D eigenvalue weighted by Gasteiger charge is 2.16. The predicted octanol–water partition coefficient (Wildman–Crippen LogP) is 2.57. The standard InChI is InChI=1S/C21H24N4O3/c1-15(20-24-22-14-25(20)10-11-28-2)23-21(27)18-8-6-17(7-9-18)19-5-3-4-16(12-19)13-26/h3-9,12,14-15,26H,10-11,13H2,1-2H3,(H,23,27). The Bertz CT molecular complexity index is 921. The monoisotopic (exact) mass is 380 g/mol. The van der Waals surface area contributed by atoms with Crippen LogP contribution in [0.5, 0.6) is 0 Å². The van der Waals surface area contributed by atoms with Crippen LogP contribution < -0.4 is 5.32 Å². The van der Waals surface area contributed by atoms with Crippen molar-refractivity contribution in [3.8, 4) is 11.1 Å². The summed E-state index contributed by atoms with van der Waals surface area (Å²) in [5.41, 5.74) is 3.40. The molecule has 1 heterocycles. The fourth-order valence-electron chi connectivity index (χ4n) is 2.97. The van der Waals surface area contributed by atoms with E-state index in [-0.39, 0.29) is 18.6 Å². The van der Waals surface area contributed by atoms with Gasteiger partial charge in [0.05, 0.1) is 19.3 Å². The fourth-order valence-corrected chi connectivity index (χ4v) is 2.97. The van der Waals surface area contributed by atoms with Gasteiger partial charge < -0.3 is 19.7 Å². The zero-order chi connectivity index (χ0) is 19.9. The molecule has 1 amide bonds. The Morgan fingerprint density at radius 1 is 1.21 bits per heavy atom. The van der Waals surface area contributed by atoms with Crippen LogP contribution in [-0.4, -0.2) is 39.5 Å². The molecule has 0 aliphatic heterocycles. The van der Waals surface area contributed by atoms with Gasteiger partial charge in [0.15, 0.2) is 5.82 Å². The van der Waals surface area contributed by atoms with Crippen molar-refractivity contribution in [3.63, 3.8) is 0 Å². The Morgan fingerprint density at radius 3 is 2.71 bits per heavy atom. The molecule has 0 saturated heterocycles. The van der Waals surface area contributed by atoms with E-state index in [4.69, 9.17) is 4.74 Å². The normalized spacial score (nSPS) is 12.0. The Hall–Kier alpha value is -3.03. The molecule has 28 heavy (non-hydrogen) atoms. The highest BCUT2D eigenvalue weighted by molar-refractivity contribution is 5.94. The van der Waals surface area contributed by atoms with Crippen molar-refractivity contribution in [3.05, 3.63) is 71.8 Å². The number of rotatable bonds is 8. The van der Waals surface area contributed by atoms with E-state index in [1.165, 1.54) is 0 Å². The Labute approximate surface area is 164 Å². The molecule has 1 aromatic heterocycles. The fraction of sp³-hybridized carbons (Fsp3) is 0.286. The summed E-state index contributed by atoms with van der Waals surface area (Å²) in [6.45, 7) is 3.05. The Morgan fingerprint density at radius 2 is 2.00 bits per heavy atom. The van der Waals surface area contributed by atoms with E-state index in [1.54, 1.807) is 25.6 Å². The van der Waals surface area contributed by atoms with E-state index >= 15 is 0 Å². The number of nitrogens with one attached hydrogen (secondary N) is 1. The topological polar surface area (TPSA) is 89.3 Å². The summed E-state index contributed by atoms with van der Waals surface area (Å²) >= 11 is 0. The second-order valence-corrected chi connectivity index (χ2v) is 6.51. The molecule has 0 fully saturated rings. The van der Waals surface area contributed by atoms with Gasteiger partial charge in [-0.25, -0.2) is 0 Å². The van der Waals surface area contributed by atoms with E-state index in [1.807, 2.05) is 47.9 Å². The van der Waals surface area contributed by atoms with Gasteiger partial charge in [-0.3, -0.25) is 4.79 Å². The molecule has 2 aromatic carbocycles. The first-order valence-corrected chi connectivity index (χ1v) is 9.10. The van der Waals surface area contributed by atoms with Crippen molar-refractivity contribution in [2.24, 2.45) is 0 Å². The van der Waals surface area contributed by atoms with Crippen molar-refractivity contribution < 1.29 is 14.6 Å². The molecule has 0 radical (unpaired) electrons. The average Bonchev–Trinajstić information content (AvgIpc) is 3.21. The van der Waals surface area contributed by atoms with Crippen LogP contribution in [0.3, 0.4) is 0 Å². The number of aromatic nitrogens is 3. The van der Waals surface area contributed by atoms with E-state index in [2.05, 4.69) is 15.5 Å². The molecular formula is C21H24N4O3. The SMILES string of the molecule is COCCn1cnnc1C(C)NC(=O)c1ccc(-c2cccc(CO)c2)cc1. The summed E-state index contributed by atoms with van der Waals surface area (Å²) in [5, 5.41) is 20.3. The molecule has 7 nitrogen and oxygen atoms in total. The van der Waals surface area contributed by atoms with E-state index in [0.29, 0.717) is 24.5 Å². The van der Waals surface area contributed by atoms with Crippen LogP contribution >= 0.6 is 0 Å². The lowest BCUT2D eigenvalue weighted by Gasteiger charge is -2.15. The molecule has 3 rings (SSSR count). The van der Waals surface area contributed by atoms with Gasteiger partial charge >= 0.3 is 0 Å². The summed E-state index contributed by atoms with van der Waals surface area (Å²) in [6, 6.07) is 14.8. The second-order valence-electron chi connectivity index (χ2n) is 6.51. The maximum absolute atomic E-state index is 12.6. The van der Waals surface area contributed by atoms with Crippen LogP contribution in [0.1, 0.15) is 34.7 Å². The molecular weight excluding hydrogens is 356 g/mol. The Kier molecular flexibility index (Phi) is 6.52.